The molecule has 2 aromatic carbocycles. The number of carbonyl (C=O) groups excluding carboxylic acids is 1. The number of aromatic nitrogens is 2. The molecule has 6 rings (SSSR count). The van der Waals surface area contributed by atoms with Gasteiger partial charge in [0.2, 0.25) is 0 Å². The van der Waals surface area contributed by atoms with Gasteiger partial charge in [-0.15, -0.1) is 0 Å². The van der Waals surface area contributed by atoms with Crippen molar-refractivity contribution in [1.29, 1.82) is 0 Å². The fraction of sp³-hybridized carbons (Fsp3) is 0.433. The Hall–Kier alpha value is -3.69. The molecule has 9 heteroatoms. The molecule has 0 bridgehead atoms. The van der Waals surface area contributed by atoms with Crippen molar-refractivity contribution in [3.05, 3.63) is 60.3 Å². The summed E-state index contributed by atoms with van der Waals surface area (Å²) in [6, 6.07) is 19.2. The summed E-state index contributed by atoms with van der Waals surface area (Å²) >= 11 is 0. The molecule has 9 nitrogen and oxygen atoms in total. The molecular formula is C30H38N8O. The third-order valence-corrected chi connectivity index (χ3v) is 8.11. The van der Waals surface area contributed by atoms with E-state index >= 15 is 0 Å². The molecule has 1 saturated carbocycles. The molecule has 4 N–H and O–H groups in total. The Morgan fingerprint density at radius 1 is 0.846 bits per heavy atom. The number of hydrogen-bond donors (Lipinski definition) is 3. The van der Waals surface area contributed by atoms with Crippen LogP contribution in [0.5, 0.6) is 0 Å². The summed E-state index contributed by atoms with van der Waals surface area (Å²) in [6.07, 6.45) is 4.60. The second kappa shape index (κ2) is 11.2. The second-order valence-electron chi connectivity index (χ2n) is 11.0. The number of hydrogen-bond acceptors (Lipinski definition) is 8. The van der Waals surface area contributed by atoms with Crippen LogP contribution in [0.1, 0.15) is 36.2 Å². The number of rotatable bonds is 8. The Morgan fingerprint density at radius 2 is 1.54 bits per heavy atom. The van der Waals surface area contributed by atoms with Gasteiger partial charge in [0.05, 0.1) is 0 Å². The quantitative estimate of drug-likeness (QED) is 0.408. The number of piperidine rings is 1. The lowest BCUT2D eigenvalue weighted by Gasteiger charge is -2.42. The molecule has 39 heavy (non-hydrogen) atoms. The van der Waals surface area contributed by atoms with E-state index in [0.29, 0.717) is 29.4 Å². The van der Waals surface area contributed by atoms with E-state index in [1.807, 2.05) is 42.5 Å². The summed E-state index contributed by atoms with van der Waals surface area (Å²) in [4.78, 5) is 29.5. The molecule has 3 aromatic rings. The number of amides is 1. The zero-order chi connectivity index (χ0) is 26.8. The van der Waals surface area contributed by atoms with Crippen LogP contribution in [-0.4, -0.2) is 84.1 Å². The van der Waals surface area contributed by atoms with Crippen molar-refractivity contribution in [3.63, 3.8) is 0 Å². The SMILES string of the molecule is CN1CCN(C2CCN(c3ccc(Nc4nc(NC5CC5)c(-c5ccccc5)nc4C(N)=O)cc3)CC2)CC1. The van der Waals surface area contributed by atoms with E-state index in [4.69, 9.17) is 10.7 Å². The van der Waals surface area contributed by atoms with E-state index in [1.54, 1.807) is 0 Å². The standard InChI is InChI=1S/C30H38N8O/c1-36-17-19-38(20-18-36)25-13-15-37(16-14-25)24-11-9-23(10-12-24)33-30-27(28(31)39)34-26(21-5-3-2-4-6-21)29(35-30)32-22-7-8-22/h2-6,9-12,22,25H,7-8,13-20H2,1H3,(H2,31,39)(H2,32,33,35). The largest absolute Gasteiger partial charge is 0.371 e. The first-order valence-corrected chi connectivity index (χ1v) is 14.1. The predicted molar refractivity (Wildman–Crippen MR) is 157 cm³/mol. The highest BCUT2D eigenvalue weighted by Crippen LogP contribution is 2.33. The molecule has 2 aliphatic heterocycles. The summed E-state index contributed by atoms with van der Waals surface area (Å²) in [7, 11) is 2.21. The molecule has 0 radical (unpaired) electrons. The Labute approximate surface area is 230 Å². The van der Waals surface area contributed by atoms with Gasteiger partial charge in [-0.3, -0.25) is 9.69 Å². The van der Waals surface area contributed by atoms with Crippen molar-refractivity contribution in [1.82, 2.24) is 19.8 Å². The summed E-state index contributed by atoms with van der Waals surface area (Å²) in [5, 5.41) is 6.79. The maximum absolute atomic E-state index is 12.4. The van der Waals surface area contributed by atoms with Gasteiger partial charge in [-0.05, 0) is 57.0 Å². The normalized spacial score (nSPS) is 19.2. The molecular weight excluding hydrogens is 488 g/mol. The highest BCUT2D eigenvalue weighted by atomic mass is 16.1. The van der Waals surface area contributed by atoms with Crippen LogP contribution in [-0.2, 0) is 0 Å². The topological polar surface area (TPSA) is 103 Å². The molecule has 1 amide bonds. The Balaban J connectivity index is 1.16. The van der Waals surface area contributed by atoms with Crippen LogP contribution in [0.2, 0.25) is 0 Å². The van der Waals surface area contributed by atoms with Gasteiger partial charge < -0.3 is 26.2 Å². The first-order chi connectivity index (χ1) is 19.0. The summed E-state index contributed by atoms with van der Waals surface area (Å²) < 4.78 is 0. The fourth-order valence-electron chi connectivity index (χ4n) is 5.58. The van der Waals surface area contributed by atoms with Gasteiger partial charge in [-0.2, -0.15) is 0 Å². The lowest BCUT2D eigenvalue weighted by molar-refractivity contribution is 0.0982. The molecule has 3 heterocycles. The van der Waals surface area contributed by atoms with E-state index in [9.17, 15) is 4.79 Å². The number of carbonyl (C=O) groups is 1. The van der Waals surface area contributed by atoms with Crippen LogP contribution >= 0.6 is 0 Å². The van der Waals surface area contributed by atoms with Gasteiger partial charge >= 0.3 is 0 Å². The number of benzene rings is 2. The molecule has 204 valence electrons. The smallest absolute Gasteiger partial charge is 0.271 e. The fourth-order valence-corrected chi connectivity index (χ4v) is 5.58. The molecule has 3 fully saturated rings. The number of nitrogens with one attached hydrogen (secondary N) is 2. The summed E-state index contributed by atoms with van der Waals surface area (Å²) in [5.74, 6) is 0.419. The van der Waals surface area contributed by atoms with E-state index in [1.165, 1.54) is 44.7 Å². The van der Waals surface area contributed by atoms with Crippen LogP contribution in [0, 0.1) is 0 Å². The number of likely N-dealkylation sites (N-methyl/N-ethyl adjacent to an activating group) is 1. The van der Waals surface area contributed by atoms with Crippen molar-refractivity contribution >= 4 is 28.9 Å². The van der Waals surface area contributed by atoms with Gasteiger partial charge in [0.1, 0.15) is 5.69 Å². The van der Waals surface area contributed by atoms with E-state index in [0.717, 1.165) is 37.2 Å². The molecule has 0 spiro atoms. The first kappa shape index (κ1) is 25.6. The lowest BCUT2D eigenvalue weighted by Crippen LogP contribution is -2.52. The van der Waals surface area contributed by atoms with Crippen LogP contribution in [0.4, 0.5) is 23.0 Å². The zero-order valence-electron chi connectivity index (χ0n) is 22.6. The molecule has 2 saturated heterocycles. The Morgan fingerprint density at radius 3 is 2.18 bits per heavy atom. The lowest BCUT2D eigenvalue weighted by atomic mass is 10.0. The minimum Gasteiger partial charge on any atom is -0.371 e. The molecule has 0 unspecified atom stereocenters. The van der Waals surface area contributed by atoms with Crippen molar-refractivity contribution in [2.45, 2.75) is 37.8 Å². The Bertz CT molecular complexity index is 1280. The molecule has 0 atom stereocenters. The van der Waals surface area contributed by atoms with Crippen molar-refractivity contribution in [2.24, 2.45) is 5.73 Å². The number of primary amides is 1. The van der Waals surface area contributed by atoms with E-state index < -0.39 is 5.91 Å². The summed E-state index contributed by atoms with van der Waals surface area (Å²) in [6.45, 7) is 6.84. The van der Waals surface area contributed by atoms with Gasteiger partial charge in [0, 0.05) is 68.3 Å². The minimum atomic E-state index is -0.611. The number of nitrogens with zero attached hydrogens (tertiary/aromatic N) is 5. The first-order valence-electron chi connectivity index (χ1n) is 14.1. The highest BCUT2D eigenvalue weighted by Gasteiger charge is 2.28. The Kier molecular flexibility index (Phi) is 7.34. The highest BCUT2D eigenvalue weighted by molar-refractivity contribution is 5.97. The number of piperazine rings is 1. The maximum atomic E-state index is 12.4. The van der Waals surface area contributed by atoms with Gasteiger partial charge in [0.15, 0.2) is 17.3 Å². The number of nitrogens with two attached hydrogens (primary N) is 1. The molecule has 3 aliphatic rings. The molecule has 1 aliphatic carbocycles. The molecule has 1 aromatic heterocycles. The monoisotopic (exact) mass is 526 g/mol. The predicted octanol–water partition coefficient (Wildman–Crippen LogP) is 3.78. The number of anilines is 4. The van der Waals surface area contributed by atoms with Crippen LogP contribution in [0.15, 0.2) is 54.6 Å². The van der Waals surface area contributed by atoms with Crippen LogP contribution in [0.3, 0.4) is 0 Å². The van der Waals surface area contributed by atoms with Crippen molar-refractivity contribution < 1.29 is 4.79 Å². The average Bonchev–Trinajstić information content (AvgIpc) is 3.79. The van der Waals surface area contributed by atoms with Gasteiger partial charge in [0.25, 0.3) is 5.91 Å². The maximum Gasteiger partial charge on any atom is 0.271 e. The van der Waals surface area contributed by atoms with Gasteiger partial charge in [-0.25, -0.2) is 9.97 Å². The third-order valence-electron chi connectivity index (χ3n) is 8.11. The van der Waals surface area contributed by atoms with Crippen molar-refractivity contribution in [3.8, 4) is 11.3 Å². The average molecular weight is 527 g/mol. The summed E-state index contributed by atoms with van der Waals surface area (Å²) in [5.41, 5.74) is 9.47. The van der Waals surface area contributed by atoms with Crippen LogP contribution < -0.4 is 21.3 Å². The zero-order valence-corrected chi connectivity index (χ0v) is 22.6. The van der Waals surface area contributed by atoms with E-state index in [-0.39, 0.29) is 5.69 Å². The van der Waals surface area contributed by atoms with Gasteiger partial charge in [-0.1, -0.05) is 30.3 Å². The minimum absolute atomic E-state index is 0.130. The third kappa shape index (κ3) is 5.99. The van der Waals surface area contributed by atoms with E-state index in [2.05, 4.69) is 49.5 Å². The van der Waals surface area contributed by atoms with Crippen molar-refractivity contribution in [2.75, 3.05) is 61.8 Å². The van der Waals surface area contributed by atoms with Crippen LogP contribution in [0.25, 0.3) is 11.3 Å². The second-order valence-corrected chi connectivity index (χ2v) is 11.0.